The summed E-state index contributed by atoms with van der Waals surface area (Å²) < 4.78 is 0. The van der Waals surface area contributed by atoms with Crippen molar-refractivity contribution in [2.75, 3.05) is 0 Å². The second-order valence-corrected chi connectivity index (χ2v) is 4.25. The van der Waals surface area contributed by atoms with Crippen LogP contribution in [0.3, 0.4) is 0 Å². The Bertz CT molecular complexity index is 147. The van der Waals surface area contributed by atoms with E-state index in [0.717, 1.165) is 12.8 Å². The lowest BCUT2D eigenvalue weighted by Gasteiger charge is -2.31. The van der Waals surface area contributed by atoms with Crippen LogP contribution in [0.4, 0.5) is 0 Å². The Morgan fingerprint density at radius 3 is 2.50 bits per heavy atom. The maximum absolute atomic E-state index is 11.2. The molecule has 58 valence electrons. The molecule has 1 saturated carbocycles. The van der Waals surface area contributed by atoms with Crippen LogP contribution in [0.25, 0.3) is 0 Å². The van der Waals surface area contributed by atoms with Crippen molar-refractivity contribution in [3.05, 3.63) is 0 Å². The van der Waals surface area contributed by atoms with Gasteiger partial charge in [-0.25, -0.2) is 0 Å². The molecule has 1 heteroatoms. The SMILES string of the molecule is C[C@H]1CCC(C)(C)CC1=O. The van der Waals surface area contributed by atoms with Crippen LogP contribution >= 0.6 is 0 Å². The minimum absolute atomic E-state index is 0.281. The first-order chi connectivity index (χ1) is 4.51. The molecule has 0 bridgehead atoms. The number of carbonyl (C=O) groups is 1. The zero-order valence-corrected chi connectivity index (χ0v) is 7.11. The molecule has 1 aliphatic rings. The van der Waals surface area contributed by atoms with Crippen LogP contribution in [0.5, 0.6) is 0 Å². The first-order valence-electron chi connectivity index (χ1n) is 4.04. The summed E-state index contributed by atoms with van der Waals surface area (Å²) >= 11 is 0. The van der Waals surface area contributed by atoms with Crippen molar-refractivity contribution in [3.8, 4) is 0 Å². The van der Waals surface area contributed by atoms with E-state index in [1.165, 1.54) is 6.42 Å². The van der Waals surface area contributed by atoms with Gasteiger partial charge < -0.3 is 0 Å². The molecule has 0 spiro atoms. The molecule has 1 aliphatic carbocycles. The second kappa shape index (κ2) is 2.37. The zero-order chi connectivity index (χ0) is 7.78. The predicted octanol–water partition coefficient (Wildman–Crippen LogP) is 2.40. The normalized spacial score (nSPS) is 32.3. The summed E-state index contributed by atoms with van der Waals surface area (Å²) in [4.78, 5) is 11.2. The molecule has 1 fully saturated rings. The average molecular weight is 140 g/mol. The van der Waals surface area contributed by atoms with Gasteiger partial charge in [0.15, 0.2) is 0 Å². The van der Waals surface area contributed by atoms with Gasteiger partial charge in [-0.05, 0) is 18.3 Å². The van der Waals surface area contributed by atoms with E-state index in [9.17, 15) is 4.79 Å². The van der Waals surface area contributed by atoms with E-state index in [1.54, 1.807) is 0 Å². The van der Waals surface area contributed by atoms with Crippen molar-refractivity contribution in [3.63, 3.8) is 0 Å². The van der Waals surface area contributed by atoms with Gasteiger partial charge >= 0.3 is 0 Å². The number of Topliss-reactive ketones (excluding diaryl/α,β-unsaturated/α-hetero) is 1. The fraction of sp³-hybridized carbons (Fsp3) is 0.889. The lowest BCUT2D eigenvalue weighted by Crippen LogP contribution is -2.28. The molecular formula is C9H16O. The number of ketones is 1. The van der Waals surface area contributed by atoms with Gasteiger partial charge in [-0.2, -0.15) is 0 Å². The number of rotatable bonds is 0. The van der Waals surface area contributed by atoms with Crippen molar-refractivity contribution < 1.29 is 4.79 Å². The summed E-state index contributed by atoms with van der Waals surface area (Å²) in [7, 11) is 0. The van der Waals surface area contributed by atoms with Crippen LogP contribution in [-0.4, -0.2) is 5.78 Å². The van der Waals surface area contributed by atoms with E-state index in [4.69, 9.17) is 0 Å². The van der Waals surface area contributed by atoms with E-state index in [2.05, 4.69) is 13.8 Å². The fourth-order valence-corrected chi connectivity index (χ4v) is 1.50. The molecular weight excluding hydrogens is 124 g/mol. The quantitative estimate of drug-likeness (QED) is 0.505. The van der Waals surface area contributed by atoms with Gasteiger partial charge in [0.1, 0.15) is 5.78 Å². The Morgan fingerprint density at radius 2 is 2.10 bits per heavy atom. The molecule has 1 nitrogen and oxygen atoms in total. The van der Waals surface area contributed by atoms with E-state index >= 15 is 0 Å². The van der Waals surface area contributed by atoms with Crippen LogP contribution in [0, 0.1) is 11.3 Å². The molecule has 0 unspecified atom stereocenters. The monoisotopic (exact) mass is 140 g/mol. The van der Waals surface area contributed by atoms with Crippen molar-refractivity contribution in [1.29, 1.82) is 0 Å². The van der Waals surface area contributed by atoms with Gasteiger partial charge in [-0.3, -0.25) is 4.79 Å². The topological polar surface area (TPSA) is 17.1 Å². The largest absolute Gasteiger partial charge is 0.299 e. The van der Waals surface area contributed by atoms with Crippen LogP contribution < -0.4 is 0 Å². The molecule has 1 atom stereocenters. The first kappa shape index (κ1) is 7.77. The summed E-state index contributed by atoms with van der Waals surface area (Å²) in [6, 6.07) is 0. The highest BCUT2D eigenvalue weighted by molar-refractivity contribution is 5.81. The predicted molar refractivity (Wildman–Crippen MR) is 41.8 cm³/mol. The Morgan fingerprint density at radius 1 is 1.50 bits per heavy atom. The molecule has 0 aromatic rings. The van der Waals surface area contributed by atoms with E-state index in [0.29, 0.717) is 11.7 Å². The average Bonchev–Trinajstić information content (AvgIpc) is 1.79. The smallest absolute Gasteiger partial charge is 0.136 e. The van der Waals surface area contributed by atoms with Crippen LogP contribution in [0.1, 0.15) is 40.0 Å². The highest BCUT2D eigenvalue weighted by Crippen LogP contribution is 2.35. The molecule has 0 aliphatic heterocycles. The fourth-order valence-electron chi connectivity index (χ4n) is 1.50. The van der Waals surface area contributed by atoms with Crippen molar-refractivity contribution in [2.45, 2.75) is 40.0 Å². The lowest BCUT2D eigenvalue weighted by molar-refractivity contribution is -0.127. The zero-order valence-electron chi connectivity index (χ0n) is 7.11. The summed E-state index contributed by atoms with van der Waals surface area (Å²) in [6.45, 7) is 6.39. The lowest BCUT2D eigenvalue weighted by atomic mass is 9.73. The molecule has 0 aromatic carbocycles. The summed E-state index contributed by atoms with van der Waals surface area (Å²) in [6.07, 6.45) is 3.08. The highest BCUT2D eigenvalue weighted by atomic mass is 16.1. The minimum Gasteiger partial charge on any atom is -0.299 e. The number of hydrogen-bond donors (Lipinski definition) is 0. The van der Waals surface area contributed by atoms with Crippen molar-refractivity contribution >= 4 is 5.78 Å². The standard InChI is InChI=1S/C9H16O/c1-7-4-5-9(2,3)6-8(7)10/h7H,4-6H2,1-3H3/t7-/m0/s1. The van der Waals surface area contributed by atoms with Crippen LogP contribution in [0.15, 0.2) is 0 Å². The summed E-state index contributed by atoms with van der Waals surface area (Å²) in [5.74, 6) is 0.782. The third-order valence-electron chi connectivity index (χ3n) is 2.46. The van der Waals surface area contributed by atoms with Crippen molar-refractivity contribution in [2.24, 2.45) is 11.3 Å². The van der Waals surface area contributed by atoms with Crippen molar-refractivity contribution in [1.82, 2.24) is 0 Å². The molecule has 0 radical (unpaired) electrons. The van der Waals surface area contributed by atoms with Gasteiger partial charge in [-0.15, -0.1) is 0 Å². The second-order valence-electron chi connectivity index (χ2n) is 4.25. The number of hydrogen-bond acceptors (Lipinski definition) is 1. The van der Waals surface area contributed by atoms with Crippen LogP contribution in [-0.2, 0) is 4.79 Å². The highest BCUT2D eigenvalue weighted by Gasteiger charge is 2.30. The van der Waals surface area contributed by atoms with Gasteiger partial charge in [0.25, 0.3) is 0 Å². The minimum atomic E-state index is 0.281. The van der Waals surface area contributed by atoms with E-state index in [1.807, 2.05) is 6.92 Å². The molecule has 0 amide bonds. The summed E-state index contributed by atoms with van der Waals surface area (Å²) in [5.41, 5.74) is 0.281. The number of carbonyl (C=O) groups excluding carboxylic acids is 1. The van der Waals surface area contributed by atoms with Gasteiger partial charge in [-0.1, -0.05) is 20.8 Å². The Hall–Kier alpha value is -0.330. The van der Waals surface area contributed by atoms with Crippen LogP contribution in [0.2, 0.25) is 0 Å². The molecule has 10 heavy (non-hydrogen) atoms. The van der Waals surface area contributed by atoms with E-state index < -0.39 is 0 Å². The molecule has 0 aromatic heterocycles. The molecule has 0 heterocycles. The maximum atomic E-state index is 11.2. The van der Waals surface area contributed by atoms with Gasteiger partial charge in [0.05, 0.1) is 0 Å². The summed E-state index contributed by atoms with van der Waals surface area (Å²) in [5, 5.41) is 0. The maximum Gasteiger partial charge on any atom is 0.136 e. The first-order valence-corrected chi connectivity index (χ1v) is 4.04. The molecule has 0 N–H and O–H groups in total. The third-order valence-corrected chi connectivity index (χ3v) is 2.46. The van der Waals surface area contributed by atoms with E-state index in [-0.39, 0.29) is 5.41 Å². The Kier molecular flexibility index (Phi) is 1.84. The Balaban J connectivity index is 2.57. The Labute approximate surface area is 62.8 Å². The molecule has 1 rings (SSSR count). The van der Waals surface area contributed by atoms with Gasteiger partial charge in [0.2, 0.25) is 0 Å². The third kappa shape index (κ3) is 1.59. The van der Waals surface area contributed by atoms with Gasteiger partial charge in [0, 0.05) is 12.3 Å². The molecule has 0 saturated heterocycles.